The van der Waals surface area contributed by atoms with Gasteiger partial charge in [0, 0.05) is 19.1 Å². The van der Waals surface area contributed by atoms with E-state index in [1.54, 1.807) is 7.11 Å². The van der Waals surface area contributed by atoms with E-state index in [2.05, 4.69) is 72.7 Å². The van der Waals surface area contributed by atoms with E-state index in [9.17, 15) is 4.79 Å². The van der Waals surface area contributed by atoms with Gasteiger partial charge in [0.2, 0.25) is 0 Å². The molecule has 1 unspecified atom stereocenters. The van der Waals surface area contributed by atoms with Crippen LogP contribution in [0.5, 0.6) is 0 Å². The van der Waals surface area contributed by atoms with Crippen LogP contribution in [0.2, 0.25) is 0 Å². The number of hydrogen-bond acceptors (Lipinski definition) is 5. The van der Waals surface area contributed by atoms with Crippen molar-refractivity contribution in [2.75, 3.05) is 13.7 Å². The van der Waals surface area contributed by atoms with Gasteiger partial charge in [0.05, 0.1) is 11.2 Å². The van der Waals surface area contributed by atoms with Crippen molar-refractivity contribution in [3.63, 3.8) is 0 Å². The topological polar surface area (TPSA) is 80.0 Å². The number of benzene rings is 1. The molecule has 1 heterocycles. The maximum Gasteiger partial charge on any atom is 0.494 e. The Morgan fingerprint density at radius 1 is 1.03 bits per heavy atom. The summed E-state index contributed by atoms with van der Waals surface area (Å²) in [7, 11) is 1.30. The average Bonchev–Trinajstić information content (AvgIpc) is 2.86. The predicted octanol–water partition coefficient (Wildman–Crippen LogP) is 4.23. The maximum absolute atomic E-state index is 11.7. The molecule has 1 atom stereocenters. The summed E-state index contributed by atoms with van der Waals surface area (Å²) < 4.78 is 23.3. The van der Waals surface area contributed by atoms with E-state index in [0.717, 1.165) is 23.9 Å². The van der Waals surface area contributed by atoms with E-state index < -0.39 is 11.7 Å². The van der Waals surface area contributed by atoms with Crippen LogP contribution >= 0.6 is 0 Å². The third-order valence-electron chi connectivity index (χ3n) is 6.91. The highest BCUT2D eigenvalue weighted by Gasteiger charge is 2.51. The molecule has 0 aliphatic carbocycles. The van der Waals surface area contributed by atoms with E-state index in [-0.39, 0.29) is 23.7 Å². The second-order valence-electron chi connectivity index (χ2n) is 10.6. The monoisotopic (exact) mass is 433 g/mol. The lowest BCUT2D eigenvalue weighted by atomic mass is 9.70. The standard InChI is InChI=1S/C24H40BNO5/c1-21(2,3)24(29-20(26)27,15-9-17-28-8)16-14-18-10-12-19(13-11-18)25-30-22(4,5)23(6,7)31-25/h10-13H,9,14-17H2,1-8H3,(H2,26,27). The van der Waals surface area contributed by atoms with E-state index >= 15 is 0 Å². The summed E-state index contributed by atoms with van der Waals surface area (Å²) in [5, 5.41) is 0. The zero-order chi connectivity index (χ0) is 23.5. The Bertz CT molecular complexity index is 725. The molecule has 1 aromatic rings. The summed E-state index contributed by atoms with van der Waals surface area (Å²) in [5.41, 5.74) is 5.96. The van der Waals surface area contributed by atoms with Gasteiger partial charge in [-0.15, -0.1) is 0 Å². The number of ether oxygens (including phenoxy) is 2. The van der Waals surface area contributed by atoms with Gasteiger partial charge in [-0.25, -0.2) is 4.79 Å². The molecule has 1 aliphatic rings. The molecule has 2 N–H and O–H groups in total. The summed E-state index contributed by atoms with van der Waals surface area (Å²) in [4.78, 5) is 11.7. The van der Waals surface area contributed by atoms with Gasteiger partial charge >= 0.3 is 13.2 Å². The van der Waals surface area contributed by atoms with Gasteiger partial charge in [-0.1, -0.05) is 45.0 Å². The first-order valence-corrected chi connectivity index (χ1v) is 11.1. The number of amides is 1. The molecule has 0 bridgehead atoms. The van der Waals surface area contributed by atoms with Crippen LogP contribution in [0.4, 0.5) is 4.79 Å². The van der Waals surface area contributed by atoms with Crippen molar-refractivity contribution in [1.29, 1.82) is 0 Å². The number of aryl methyl sites for hydroxylation is 1. The number of carbonyl (C=O) groups is 1. The fourth-order valence-corrected chi connectivity index (χ4v) is 3.99. The fourth-order valence-electron chi connectivity index (χ4n) is 3.99. The first kappa shape index (κ1) is 25.7. The number of hydrogen-bond donors (Lipinski definition) is 1. The van der Waals surface area contributed by atoms with Crippen molar-refractivity contribution in [3.8, 4) is 0 Å². The van der Waals surface area contributed by atoms with Crippen molar-refractivity contribution < 1.29 is 23.6 Å². The minimum absolute atomic E-state index is 0.265. The highest BCUT2D eigenvalue weighted by Crippen LogP contribution is 2.41. The molecule has 1 saturated heterocycles. The van der Waals surface area contributed by atoms with E-state index in [1.807, 2.05) is 0 Å². The third-order valence-corrected chi connectivity index (χ3v) is 6.91. The van der Waals surface area contributed by atoms with Gasteiger partial charge in [0.15, 0.2) is 0 Å². The SMILES string of the molecule is COCCCC(CCc1ccc(B2OC(C)(C)C(C)(C)O2)cc1)(OC(N)=O)C(C)(C)C. The van der Waals surface area contributed by atoms with Gasteiger partial charge < -0.3 is 24.5 Å². The summed E-state index contributed by atoms with van der Waals surface area (Å²) in [6.45, 7) is 15.1. The quantitative estimate of drug-likeness (QED) is 0.466. The van der Waals surface area contributed by atoms with Crippen LogP contribution in [0.1, 0.15) is 73.3 Å². The van der Waals surface area contributed by atoms with Crippen LogP contribution in [0.25, 0.3) is 0 Å². The van der Waals surface area contributed by atoms with Gasteiger partial charge in [-0.2, -0.15) is 0 Å². The average molecular weight is 433 g/mol. The van der Waals surface area contributed by atoms with Crippen LogP contribution in [0, 0.1) is 5.41 Å². The lowest BCUT2D eigenvalue weighted by Crippen LogP contribution is -2.48. The summed E-state index contributed by atoms with van der Waals surface area (Å²) in [6, 6.07) is 8.28. The zero-order valence-electron chi connectivity index (χ0n) is 20.5. The van der Waals surface area contributed by atoms with Crippen molar-refractivity contribution in [1.82, 2.24) is 0 Å². The second kappa shape index (κ2) is 9.51. The Morgan fingerprint density at radius 2 is 1.58 bits per heavy atom. The normalized spacial score (nSPS) is 19.8. The van der Waals surface area contributed by atoms with Crippen molar-refractivity contribution in [2.24, 2.45) is 11.1 Å². The molecular weight excluding hydrogens is 393 g/mol. The van der Waals surface area contributed by atoms with Crippen molar-refractivity contribution in [2.45, 2.75) is 91.0 Å². The molecule has 174 valence electrons. The van der Waals surface area contributed by atoms with Gasteiger partial charge in [0.1, 0.15) is 5.60 Å². The molecule has 0 spiro atoms. The summed E-state index contributed by atoms with van der Waals surface area (Å²) in [6.07, 6.45) is 2.20. The third kappa shape index (κ3) is 6.02. The van der Waals surface area contributed by atoms with Crippen LogP contribution in [-0.4, -0.2) is 43.7 Å². The lowest BCUT2D eigenvalue weighted by molar-refractivity contribution is -0.0803. The number of carbonyl (C=O) groups excluding carboxylic acids is 1. The van der Waals surface area contributed by atoms with Gasteiger partial charge in [-0.3, -0.25) is 0 Å². The highest BCUT2D eigenvalue weighted by atomic mass is 16.7. The Hall–Kier alpha value is -1.57. The minimum atomic E-state index is -0.733. The molecule has 1 fully saturated rings. The molecule has 1 amide bonds. The molecule has 1 aromatic carbocycles. The molecule has 31 heavy (non-hydrogen) atoms. The van der Waals surface area contributed by atoms with E-state index in [1.165, 1.54) is 0 Å². The molecule has 1 aliphatic heterocycles. The molecule has 2 rings (SSSR count). The smallest absolute Gasteiger partial charge is 0.443 e. The van der Waals surface area contributed by atoms with E-state index in [4.69, 9.17) is 24.5 Å². The van der Waals surface area contributed by atoms with Crippen molar-refractivity contribution >= 4 is 18.7 Å². The largest absolute Gasteiger partial charge is 0.494 e. The maximum atomic E-state index is 11.7. The van der Waals surface area contributed by atoms with Crippen LogP contribution in [0.15, 0.2) is 24.3 Å². The van der Waals surface area contributed by atoms with Crippen LogP contribution in [-0.2, 0) is 25.2 Å². The van der Waals surface area contributed by atoms with Crippen molar-refractivity contribution in [3.05, 3.63) is 29.8 Å². The number of rotatable bonds is 9. The molecule has 0 aromatic heterocycles. The van der Waals surface area contributed by atoms with Crippen LogP contribution in [0.3, 0.4) is 0 Å². The second-order valence-corrected chi connectivity index (χ2v) is 10.6. The van der Waals surface area contributed by atoms with Gasteiger partial charge in [0.25, 0.3) is 0 Å². The molecule has 0 saturated carbocycles. The Kier molecular flexibility index (Phi) is 7.88. The van der Waals surface area contributed by atoms with Gasteiger partial charge in [-0.05, 0) is 64.4 Å². The Morgan fingerprint density at radius 3 is 2.03 bits per heavy atom. The first-order valence-electron chi connectivity index (χ1n) is 11.1. The lowest BCUT2D eigenvalue weighted by Gasteiger charge is -2.44. The number of nitrogens with two attached hydrogens (primary N) is 1. The Labute approximate surface area is 188 Å². The van der Waals surface area contributed by atoms with Crippen LogP contribution < -0.4 is 11.2 Å². The highest BCUT2D eigenvalue weighted by molar-refractivity contribution is 6.62. The fraction of sp³-hybridized carbons (Fsp3) is 0.708. The summed E-state index contributed by atoms with van der Waals surface area (Å²) in [5.74, 6) is 0. The first-order chi connectivity index (χ1) is 14.2. The number of methoxy groups -OCH3 is 1. The molecular formula is C24H40BNO5. The predicted molar refractivity (Wildman–Crippen MR) is 124 cm³/mol. The minimum Gasteiger partial charge on any atom is -0.443 e. The zero-order valence-corrected chi connectivity index (χ0v) is 20.5. The van der Waals surface area contributed by atoms with E-state index in [0.29, 0.717) is 19.4 Å². The molecule has 7 heteroatoms. The Balaban J connectivity index is 2.13. The number of primary amides is 1. The molecule has 0 radical (unpaired) electrons. The molecule has 6 nitrogen and oxygen atoms in total. The summed E-state index contributed by atoms with van der Waals surface area (Å²) >= 11 is 0.